The van der Waals surface area contributed by atoms with Gasteiger partial charge in [0.25, 0.3) is 11.5 Å². The minimum atomic E-state index is -0.266. The van der Waals surface area contributed by atoms with Gasteiger partial charge in [-0.3, -0.25) is 14.5 Å². The van der Waals surface area contributed by atoms with Crippen molar-refractivity contribution in [2.75, 3.05) is 19.6 Å². The van der Waals surface area contributed by atoms with Crippen LogP contribution in [0.4, 0.5) is 0 Å². The number of likely N-dealkylation sites (tertiary alicyclic amines) is 1. The number of rotatable bonds is 6. The molecule has 1 unspecified atom stereocenters. The normalized spacial score (nSPS) is 17.2. The second-order valence-corrected chi connectivity index (χ2v) is 7.61. The summed E-state index contributed by atoms with van der Waals surface area (Å²) in [6, 6.07) is 12.2. The van der Waals surface area contributed by atoms with Gasteiger partial charge in [-0.15, -0.1) is 0 Å². The average molecular weight is 367 g/mol. The molecule has 5 nitrogen and oxygen atoms in total. The average Bonchev–Trinajstić information content (AvgIpc) is 3.11. The Kier molecular flexibility index (Phi) is 6.11. The van der Waals surface area contributed by atoms with Gasteiger partial charge in [0.05, 0.1) is 0 Å². The van der Waals surface area contributed by atoms with Gasteiger partial charge in [0.2, 0.25) is 0 Å². The van der Waals surface area contributed by atoms with Crippen LogP contribution in [0.1, 0.15) is 40.0 Å². The number of hydrogen-bond donors (Lipinski definition) is 1. The number of hydrogen-bond acceptors (Lipinski definition) is 3. The molecule has 1 saturated heterocycles. The zero-order valence-corrected chi connectivity index (χ0v) is 16.5. The maximum atomic E-state index is 12.4. The number of benzene rings is 1. The van der Waals surface area contributed by atoms with Crippen molar-refractivity contribution in [1.82, 2.24) is 14.8 Å². The van der Waals surface area contributed by atoms with Gasteiger partial charge in [0, 0.05) is 32.4 Å². The van der Waals surface area contributed by atoms with Gasteiger partial charge in [-0.05, 0) is 56.3 Å². The van der Waals surface area contributed by atoms with Gasteiger partial charge in [0.15, 0.2) is 0 Å². The van der Waals surface area contributed by atoms with Crippen LogP contribution in [0, 0.1) is 19.8 Å². The summed E-state index contributed by atoms with van der Waals surface area (Å²) in [5, 5.41) is 2.93. The molecule has 0 aliphatic carbocycles. The van der Waals surface area contributed by atoms with Gasteiger partial charge in [0.1, 0.15) is 5.56 Å². The maximum absolute atomic E-state index is 12.4. The Morgan fingerprint density at radius 2 is 1.96 bits per heavy atom. The Bertz CT molecular complexity index is 858. The van der Waals surface area contributed by atoms with E-state index in [1.54, 1.807) is 17.7 Å². The summed E-state index contributed by atoms with van der Waals surface area (Å²) in [7, 11) is 1.71. The van der Waals surface area contributed by atoms with Gasteiger partial charge in [-0.1, -0.05) is 30.3 Å². The van der Waals surface area contributed by atoms with Crippen LogP contribution < -0.4 is 10.9 Å². The Morgan fingerprint density at radius 1 is 1.22 bits per heavy atom. The van der Waals surface area contributed by atoms with E-state index in [0.717, 1.165) is 43.7 Å². The van der Waals surface area contributed by atoms with Crippen LogP contribution in [-0.4, -0.2) is 35.0 Å². The van der Waals surface area contributed by atoms with Crippen LogP contribution >= 0.6 is 0 Å². The third-order valence-electron chi connectivity index (χ3n) is 5.67. The summed E-state index contributed by atoms with van der Waals surface area (Å²) in [5.74, 6) is 0.328. The number of carbonyl (C=O) groups is 1. The lowest BCUT2D eigenvalue weighted by atomic mass is 10.1. The van der Waals surface area contributed by atoms with Crippen LogP contribution in [0.2, 0.25) is 0 Å². The zero-order valence-electron chi connectivity index (χ0n) is 16.5. The lowest BCUT2D eigenvalue weighted by molar-refractivity contribution is 0.0949. The standard InChI is InChI=1S/C22H29N3O2/c1-16-13-20(22(27)24(3)17(16)2)21(26)23-11-9-19-10-12-25(15-19)14-18-7-5-4-6-8-18/h4-8,13,19H,9-12,14-15H2,1-3H3,(H,23,26). The van der Waals surface area contributed by atoms with Crippen LogP contribution in [-0.2, 0) is 13.6 Å². The summed E-state index contributed by atoms with van der Waals surface area (Å²) in [4.78, 5) is 27.2. The van der Waals surface area contributed by atoms with Crippen molar-refractivity contribution in [3.8, 4) is 0 Å². The largest absolute Gasteiger partial charge is 0.352 e. The molecule has 1 N–H and O–H groups in total. The smallest absolute Gasteiger partial charge is 0.263 e. The third kappa shape index (κ3) is 4.66. The summed E-state index contributed by atoms with van der Waals surface area (Å²) in [5.41, 5.74) is 3.19. The van der Waals surface area contributed by atoms with Crippen molar-refractivity contribution in [3.63, 3.8) is 0 Å². The Balaban J connectivity index is 1.48. The van der Waals surface area contributed by atoms with E-state index < -0.39 is 0 Å². The van der Waals surface area contributed by atoms with E-state index in [-0.39, 0.29) is 17.0 Å². The number of pyridine rings is 1. The SMILES string of the molecule is Cc1cc(C(=O)NCCC2CCN(Cc3ccccc3)C2)c(=O)n(C)c1C. The van der Waals surface area contributed by atoms with E-state index >= 15 is 0 Å². The molecule has 1 aromatic carbocycles. The van der Waals surface area contributed by atoms with Crippen LogP contribution in [0.5, 0.6) is 0 Å². The van der Waals surface area contributed by atoms with Gasteiger partial charge in [-0.2, -0.15) is 0 Å². The fourth-order valence-corrected chi connectivity index (χ4v) is 3.76. The predicted octanol–water partition coefficient (Wildman–Crippen LogP) is 2.64. The molecule has 1 aromatic heterocycles. The van der Waals surface area contributed by atoms with Gasteiger partial charge in [-0.25, -0.2) is 0 Å². The third-order valence-corrected chi connectivity index (χ3v) is 5.67. The quantitative estimate of drug-likeness (QED) is 0.854. The van der Waals surface area contributed by atoms with E-state index in [1.807, 2.05) is 19.9 Å². The first kappa shape index (κ1) is 19.4. The molecule has 1 aliphatic rings. The molecule has 2 heterocycles. The van der Waals surface area contributed by atoms with E-state index in [1.165, 1.54) is 5.56 Å². The molecule has 0 spiro atoms. The Morgan fingerprint density at radius 3 is 2.70 bits per heavy atom. The molecule has 0 saturated carbocycles. The molecule has 5 heteroatoms. The lowest BCUT2D eigenvalue weighted by Crippen LogP contribution is -2.34. The predicted molar refractivity (Wildman–Crippen MR) is 108 cm³/mol. The molecule has 1 amide bonds. The molecule has 1 fully saturated rings. The highest BCUT2D eigenvalue weighted by atomic mass is 16.2. The molecular weight excluding hydrogens is 338 g/mol. The first-order valence-corrected chi connectivity index (χ1v) is 9.67. The first-order valence-electron chi connectivity index (χ1n) is 9.67. The van der Waals surface area contributed by atoms with Crippen LogP contribution in [0.25, 0.3) is 0 Å². The van der Waals surface area contributed by atoms with Crippen molar-refractivity contribution >= 4 is 5.91 Å². The number of aromatic nitrogens is 1. The molecule has 1 atom stereocenters. The molecule has 1 aliphatic heterocycles. The van der Waals surface area contributed by atoms with E-state index in [4.69, 9.17) is 0 Å². The molecule has 2 aromatic rings. The Labute approximate surface area is 161 Å². The van der Waals surface area contributed by atoms with E-state index in [9.17, 15) is 9.59 Å². The van der Waals surface area contributed by atoms with Crippen molar-refractivity contribution in [3.05, 3.63) is 69.1 Å². The maximum Gasteiger partial charge on any atom is 0.263 e. The zero-order chi connectivity index (χ0) is 19.4. The second kappa shape index (κ2) is 8.53. The van der Waals surface area contributed by atoms with E-state index in [2.05, 4.69) is 34.5 Å². The molecule has 27 heavy (non-hydrogen) atoms. The van der Waals surface area contributed by atoms with Crippen molar-refractivity contribution in [2.45, 2.75) is 33.2 Å². The van der Waals surface area contributed by atoms with Crippen molar-refractivity contribution < 1.29 is 4.79 Å². The molecular formula is C22H29N3O2. The van der Waals surface area contributed by atoms with Gasteiger partial charge < -0.3 is 9.88 Å². The minimum absolute atomic E-state index is 0.231. The van der Waals surface area contributed by atoms with Gasteiger partial charge >= 0.3 is 0 Å². The highest BCUT2D eigenvalue weighted by molar-refractivity contribution is 5.94. The highest BCUT2D eigenvalue weighted by Crippen LogP contribution is 2.21. The fraction of sp³-hybridized carbons (Fsp3) is 0.455. The van der Waals surface area contributed by atoms with Crippen LogP contribution in [0.15, 0.2) is 41.2 Å². The second-order valence-electron chi connectivity index (χ2n) is 7.61. The van der Waals surface area contributed by atoms with Crippen molar-refractivity contribution in [2.24, 2.45) is 13.0 Å². The van der Waals surface area contributed by atoms with Crippen molar-refractivity contribution in [1.29, 1.82) is 0 Å². The van der Waals surface area contributed by atoms with Crippen LogP contribution in [0.3, 0.4) is 0 Å². The number of aryl methyl sites for hydroxylation is 1. The monoisotopic (exact) mass is 367 g/mol. The first-order chi connectivity index (χ1) is 13.0. The number of nitrogens with zero attached hydrogens (tertiary/aromatic N) is 2. The number of nitrogens with one attached hydrogen (secondary N) is 1. The highest BCUT2D eigenvalue weighted by Gasteiger charge is 2.22. The molecule has 3 rings (SSSR count). The summed E-state index contributed by atoms with van der Waals surface area (Å²) >= 11 is 0. The summed E-state index contributed by atoms with van der Waals surface area (Å²) < 4.78 is 1.54. The minimum Gasteiger partial charge on any atom is -0.352 e. The summed E-state index contributed by atoms with van der Waals surface area (Å²) in [6.07, 6.45) is 2.11. The Hall–Kier alpha value is -2.40. The number of carbonyl (C=O) groups excluding carboxylic acids is 1. The lowest BCUT2D eigenvalue weighted by Gasteiger charge is -2.16. The molecule has 0 radical (unpaired) electrons. The topological polar surface area (TPSA) is 54.3 Å². The molecule has 0 bridgehead atoms. The molecule has 144 valence electrons. The summed E-state index contributed by atoms with van der Waals surface area (Å²) in [6.45, 7) is 7.58. The number of amides is 1. The van der Waals surface area contributed by atoms with E-state index in [0.29, 0.717) is 12.5 Å². The fourth-order valence-electron chi connectivity index (χ4n) is 3.76.